The number of carbonyl (C=O) groups is 1. The van der Waals surface area contributed by atoms with Crippen LogP contribution in [0.4, 0.5) is 11.6 Å². The summed E-state index contributed by atoms with van der Waals surface area (Å²) in [6, 6.07) is 11.8. The Hall–Kier alpha value is -2.43. The molecule has 1 amide bonds. The van der Waals surface area contributed by atoms with Gasteiger partial charge < -0.3 is 10.2 Å². The van der Waals surface area contributed by atoms with E-state index in [-0.39, 0.29) is 5.91 Å². The maximum atomic E-state index is 12.8. The summed E-state index contributed by atoms with van der Waals surface area (Å²) < 4.78 is 0. The third kappa shape index (κ3) is 4.56. The highest BCUT2D eigenvalue weighted by Crippen LogP contribution is 2.21. The molecule has 1 aliphatic carbocycles. The Morgan fingerprint density at radius 3 is 2.44 bits per heavy atom. The number of nitrogens with one attached hydrogen (secondary N) is 1. The van der Waals surface area contributed by atoms with Crippen LogP contribution in [-0.2, 0) is 0 Å². The van der Waals surface area contributed by atoms with E-state index in [9.17, 15) is 4.79 Å². The number of carbonyl (C=O) groups excluding carboxylic acids is 1. The number of benzene rings is 1. The van der Waals surface area contributed by atoms with Crippen LogP contribution in [0.3, 0.4) is 0 Å². The number of hydrogen-bond donors (Lipinski definition) is 1. The Kier molecular flexibility index (Phi) is 5.64. The molecule has 5 heteroatoms. The van der Waals surface area contributed by atoms with Crippen molar-refractivity contribution in [3.05, 3.63) is 47.8 Å². The van der Waals surface area contributed by atoms with Crippen molar-refractivity contribution < 1.29 is 4.79 Å². The number of nitrogens with zero attached hydrogens (tertiary/aromatic N) is 3. The van der Waals surface area contributed by atoms with Crippen LogP contribution in [0.5, 0.6) is 0 Å². The molecule has 0 atom stereocenters. The summed E-state index contributed by atoms with van der Waals surface area (Å²) in [5.74, 6) is 0.442. The Labute approximate surface area is 149 Å². The third-order valence-electron chi connectivity index (χ3n) is 4.71. The molecule has 1 aromatic heterocycles. The minimum atomic E-state index is -0.124. The average molecular weight is 338 g/mol. The third-order valence-corrected chi connectivity index (χ3v) is 4.71. The van der Waals surface area contributed by atoms with Gasteiger partial charge in [-0.15, -0.1) is 0 Å². The Balaban J connectivity index is 1.77. The fourth-order valence-corrected chi connectivity index (χ4v) is 3.29. The number of aryl methyl sites for hydroxylation is 1. The number of amides is 1. The number of rotatable bonds is 4. The summed E-state index contributed by atoms with van der Waals surface area (Å²) in [6.07, 6.45) is 7.38. The lowest BCUT2D eigenvalue weighted by atomic mass is 10.1. The zero-order valence-corrected chi connectivity index (χ0v) is 15.0. The predicted molar refractivity (Wildman–Crippen MR) is 101 cm³/mol. The lowest BCUT2D eigenvalue weighted by Gasteiger charge is -2.19. The van der Waals surface area contributed by atoms with Crippen molar-refractivity contribution in [1.29, 1.82) is 0 Å². The van der Waals surface area contributed by atoms with Crippen LogP contribution in [0.2, 0.25) is 0 Å². The summed E-state index contributed by atoms with van der Waals surface area (Å²) in [4.78, 5) is 23.4. The Morgan fingerprint density at radius 1 is 1.08 bits per heavy atom. The molecule has 1 saturated carbocycles. The topological polar surface area (TPSA) is 58.1 Å². The highest BCUT2D eigenvalue weighted by atomic mass is 16.2. The van der Waals surface area contributed by atoms with Crippen molar-refractivity contribution >= 4 is 17.5 Å². The van der Waals surface area contributed by atoms with Gasteiger partial charge in [0, 0.05) is 24.5 Å². The fraction of sp³-hybridized carbons (Fsp3) is 0.450. The van der Waals surface area contributed by atoms with Crippen LogP contribution in [0.25, 0.3) is 0 Å². The van der Waals surface area contributed by atoms with E-state index < -0.39 is 0 Å². The molecule has 0 radical (unpaired) electrons. The van der Waals surface area contributed by atoms with Crippen LogP contribution >= 0.6 is 0 Å². The molecule has 0 spiro atoms. The first-order valence-corrected chi connectivity index (χ1v) is 9.09. The molecule has 1 aromatic carbocycles. The maximum Gasteiger partial charge on any atom is 0.276 e. The lowest BCUT2D eigenvalue weighted by Crippen LogP contribution is -2.28. The van der Waals surface area contributed by atoms with Crippen molar-refractivity contribution in [1.82, 2.24) is 9.97 Å². The van der Waals surface area contributed by atoms with Crippen molar-refractivity contribution in [2.24, 2.45) is 0 Å². The summed E-state index contributed by atoms with van der Waals surface area (Å²) in [6.45, 7) is 1.90. The van der Waals surface area contributed by atoms with Gasteiger partial charge >= 0.3 is 0 Å². The summed E-state index contributed by atoms with van der Waals surface area (Å²) in [5.41, 5.74) is 2.08. The van der Waals surface area contributed by atoms with Gasteiger partial charge in [-0.1, -0.05) is 43.9 Å². The van der Waals surface area contributed by atoms with Gasteiger partial charge in [0.2, 0.25) is 5.95 Å². The van der Waals surface area contributed by atoms with E-state index in [2.05, 4.69) is 15.3 Å². The maximum absolute atomic E-state index is 12.8. The molecule has 25 heavy (non-hydrogen) atoms. The largest absolute Gasteiger partial charge is 0.351 e. The monoisotopic (exact) mass is 338 g/mol. The molecule has 1 fully saturated rings. The average Bonchev–Trinajstić information content (AvgIpc) is 2.89. The second kappa shape index (κ2) is 8.10. The summed E-state index contributed by atoms with van der Waals surface area (Å²) in [7, 11) is 1.77. The molecule has 3 rings (SSSR count). The van der Waals surface area contributed by atoms with Crippen LogP contribution in [0.1, 0.15) is 54.7 Å². The van der Waals surface area contributed by atoms with Gasteiger partial charge in [0.25, 0.3) is 5.91 Å². The van der Waals surface area contributed by atoms with Crippen LogP contribution in [0.15, 0.2) is 36.4 Å². The first-order valence-electron chi connectivity index (χ1n) is 9.09. The van der Waals surface area contributed by atoms with Gasteiger partial charge in [-0.2, -0.15) is 0 Å². The normalized spacial score (nSPS) is 15.4. The molecular formula is C20H26N4O. The Morgan fingerprint density at radius 2 is 1.76 bits per heavy atom. The first kappa shape index (κ1) is 17.4. The number of aromatic nitrogens is 2. The standard InChI is InChI=1S/C20H26N4O/c1-15-14-18(19(25)24(2)17-12-8-5-9-13-17)23-20(21-15)22-16-10-6-3-4-7-11-16/h5,8-9,12-14,16H,3-4,6-7,10-11H2,1-2H3,(H,21,22,23). The molecule has 2 aromatic rings. The zero-order valence-electron chi connectivity index (χ0n) is 15.0. The van der Waals surface area contributed by atoms with Gasteiger partial charge in [0.05, 0.1) is 0 Å². The van der Waals surface area contributed by atoms with Gasteiger partial charge in [-0.05, 0) is 38.0 Å². The molecule has 1 heterocycles. The SMILES string of the molecule is Cc1cc(C(=O)N(C)c2ccccc2)nc(NC2CCCCCC2)n1. The molecule has 0 aliphatic heterocycles. The van der Waals surface area contributed by atoms with Crippen LogP contribution < -0.4 is 10.2 Å². The van der Waals surface area contributed by atoms with Crippen LogP contribution in [0, 0.1) is 6.92 Å². The van der Waals surface area contributed by atoms with Crippen molar-refractivity contribution in [2.45, 2.75) is 51.5 Å². The van der Waals surface area contributed by atoms with E-state index in [1.165, 1.54) is 25.7 Å². The van der Waals surface area contributed by atoms with E-state index in [1.807, 2.05) is 37.3 Å². The van der Waals surface area contributed by atoms with Crippen molar-refractivity contribution in [3.8, 4) is 0 Å². The van der Waals surface area contributed by atoms with E-state index in [0.717, 1.165) is 24.2 Å². The van der Waals surface area contributed by atoms with E-state index in [4.69, 9.17) is 0 Å². The molecular weight excluding hydrogens is 312 g/mol. The van der Waals surface area contributed by atoms with E-state index in [1.54, 1.807) is 18.0 Å². The van der Waals surface area contributed by atoms with Gasteiger partial charge in [-0.25, -0.2) is 9.97 Å². The second-order valence-electron chi connectivity index (χ2n) is 6.75. The fourth-order valence-electron chi connectivity index (χ4n) is 3.29. The van der Waals surface area contributed by atoms with E-state index in [0.29, 0.717) is 17.7 Å². The number of hydrogen-bond acceptors (Lipinski definition) is 4. The number of anilines is 2. The zero-order chi connectivity index (χ0) is 17.6. The molecule has 0 saturated heterocycles. The molecule has 0 unspecified atom stereocenters. The minimum absolute atomic E-state index is 0.124. The van der Waals surface area contributed by atoms with Crippen molar-refractivity contribution in [3.63, 3.8) is 0 Å². The summed E-state index contributed by atoms with van der Waals surface area (Å²) in [5, 5.41) is 3.44. The van der Waals surface area contributed by atoms with Crippen molar-refractivity contribution in [2.75, 3.05) is 17.3 Å². The quantitative estimate of drug-likeness (QED) is 0.849. The molecule has 5 nitrogen and oxygen atoms in total. The minimum Gasteiger partial charge on any atom is -0.351 e. The predicted octanol–water partition coefficient (Wildman–Crippen LogP) is 4.20. The van der Waals surface area contributed by atoms with Gasteiger partial charge in [-0.3, -0.25) is 4.79 Å². The molecule has 0 bridgehead atoms. The highest BCUT2D eigenvalue weighted by Gasteiger charge is 2.18. The molecule has 1 N–H and O–H groups in total. The van der Waals surface area contributed by atoms with Crippen LogP contribution in [-0.4, -0.2) is 29.0 Å². The lowest BCUT2D eigenvalue weighted by molar-refractivity contribution is 0.0988. The molecule has 132 valence electrons. The first-order chi connectivity index (χ1) is 12.1. The highest BCUT2D eigenvalue weighted by molar-refractivity contribution is 6.04. The molecule has 1 aliphatic rings. The van der Waals surface area contributed by atoms with E-state index >= 15 is 0 Å². The summed E-state index contributed by atoms with van der Waals surface area (Å²) >= 11 is 0. The van der Waals surface area contributed by atoms with Gasteiger partial charge in [0.15, 0.2) is 0 Å². The smallest absolute Gasteiger partial charge is 0.276 e. The second-order valence-corrected chi connectivity index (χ2v) is 6.75. The number of para-hydroxylation sites is 1. The van der Waals surface area contributed by atoms with Gasteiger partial charge in [0.1, 0.15) is 5.69 Å². The Bertz CT molecular complexity index is 709.